The summed E-state index contributed by atoms with van der Waals surface area (Å²) in [6.07, 6.45) is 3.82. The second-order valence-electron chi connectivity index (χ2n) is 7.20. The van der Waals surface area contributed by atoms with Crippen LogP contribution in [-0.2, 0) is 14.4 Å². The average molecular weight is 394 g/mol. The fraction of sp³-hybridized carbons (Fsp3) is 0.190. The Hall–Kier alpha value is -3.12. The molecule has 2 aromatic carbocycles. The van der Waals surface area contributed by atoms with E-state index in [2.05, 4.69) is 0 Å². The van der Waals surface area contributed by atoms with Gasteiger partial charge in [0.1, 0.15) is 6.04 Å². The Balaban J connectivity index is 1.62. The lowest BCUT2D eigenvalue weighted by molar-refractivity contribution is -0.127. The van der Waals surface area contributed by atoms with Crippen LogP contribution in [0.25, 0.3) is 6.08 Å². The molecule has 0 radical (unpaired) electrons. The minimum atomic E-state index is -0.880. The maximum Gasteiger partial charge on any atom is 0.241 e. The summed E-state index contributed by atoms with van der Waals surface area (Å²) in [5.41, 5.74) is 7.92. The molecule has 3 heterocycles. The fourth-order valence-corrected chi connectivity index (χ4v) is 4.81. The molecule has 28 heavy (non-hydrogen) atoms. The number of fused-ring (bicyclic) bond motifs is 5. The Labute approximate surface area is 166 Å². The molecule has 4 atom stereocenters. The SMILES string of the molecule is NC(=O)C1C2C(=O)N(c3ccc(Cl)cc3)C(=O)C2C2C=Cc3ccccc3N21. The predicted octanol–water partition coefficient (Wildman–Crippen LogP) is 2.22. The second kappa shape index (κ2) is 5.94. The van der Waals surface area contributed by atoms with Crippen LogP contribution in [0.1, 0.15) is 5.56 Å². The summed E-state index contributed by atoms with van der Waals surface area (Å²) in [5.74, 6) is -2.81. The van der Waals surface area contributed by atoms with E-state index in [4.69, 9.17) is 17.3 Å². The molecule has 2 saturated heterocycles. The van der Waals surface area contributed by atoms with Gasteiger partial charge in [-0.2, -0.15) is 0 Å². The number of nitrogens with two attached hydrogens (primary N) is 1. The van der Waals surface area contributed by atoms with E-state index in [-0.39, 0.29) is 5.91 Å². The average Bonchev–Trinajstić information content (AvgIpc) is 3.16. The Morgan fingerprint density at radius 3 is 2.36 bits per heavy atom. The van der Waals surface area contributed by atoms with Crippen molar-refractivity contribution in [1.82, 2.24) is 0 Å². The van der Waals surface area contributed by atoms with Gasteiger partial charge >= 0.3 is 0 Å². The van der Waals surface area contributed by atoms with Crippen LogP contribution in [0.15, 0.2) is 54.6 Å². The summed E-state index contributed by atoms with van der Waals surface area (Å²) in [7, 11) is 0. The van der Waals surface area contributed by atoms with E-state index in [0.717, 1.165) is 16.2 Å². The molecule has 3 amide bonds. The van der Waals surface area contributed by atoms with Crippen LogP contribution in [0.3, 0.4) is 0 Å². The molecule has 2 N–H and O–H groups in total. The number of hydrogen-bond donors (Lipinski definition) is 1. The lowest BCUT2D eigenvalue weighted by Gasteiger charge is -2.35. The van der Waals surface area contributed by atoms with Crippen molar-refractivity contribution < 1.29 is 14.4 Å². The van der Waals surface area contributed by atoms with Gasteiger partial charge in [-0.1, -0.05) is 42.0 Å². The first-order chi connectivity index (χ1) is 13.5. The topological polar surface area (TPSA) is 83.7 Å². The number of imide groups is 1. The van der Waals surface area contributed by atoms with Crippen molar-refractivity contribution in [2.75, 3.05) is 9.80 Å². The Morgan fingerprint density at radius 2 is 1.64 bits per heavy atom. The number of benzene rings is 2. The number of hydrogen-bond acceptors (Lipinski definition) is 4. The molecule has 2 fully saturated rings. The molecule has 5 rings (SSSR count). The third-order valence-electron chi connectivity index (χ3n) is 5.79. The monoisotopic (exact) mass is 393 g/mol. The lowest BCUT2D eigenvalue weighted by Crippen LogP contribution is -2.50. The van der Waals surface area contributed by atoms with Gasteiger partial charge in [0, 0.05) is 10.7 Å². The van der Waals surface area contributed by atoms with Crippen molar-refractivity contribution in [2.24, 2.45) is 17.6 Å². The first kappa shape index (κ1) is 17.0. The minimum Gasteiger partial charge on any atom is -0.368 e. The first-order valence-electron chi connectivity index (χ1n) is 8.97. The molecule has 0 bridgehead atoms. The molecule has 6 nitrogen and oxygen atoms in total. The molecule has 7 heteroatoms. The normalized spacial score (nSPS) is 27.6. The molecular weight excluding hydrogens is 378 g/mol. The summed E-state index contributed by atoms with van der Waals surface area (Å²) >= 11 is 5.93. The second-order valence-corrected chi connectivity index (χ2v) is 7.64. The number of halogens is 1. The highest BCUT2D eigenvalue weighted by molar-refractivity contribution is 6.31. The molecule has 0 aromatic heterocycles. The van der Waals surface area contributed by atoms with Gasteiger partial charge in [0.15, 0.2) is 0 Å². The third-order valence-corrected chi connectivity index (χ3v) is 6.04. The number of nitrogens with zero attached hydrogens (tertiary/aromatic N) is 2. The standard InChI is InChI=1S/C21H16ClN3O3/c22-12-6-8-13(9-7-12)24-20(27)16-15-10-5-11-3-1-2-4-14(11)25(15)18(19(23)26)17(16)21(24)28/h1-10,15-18H,(H2,23,26). The zero-order valence-corrected chi connectivity index (χ0v) is 15.4. The minimum absolute atomic E-state index is 0.319. The molecule has 3 aliphatic heterocycles. The van der Waals surface area contributed by atoms with Gasteiger partial charge in [-0.15, -0.1) is 0 Å². The molecule has 140 valence electrons. The number of rotatable bonds is 2. The van der Waals surface area contributed by atoms with Crippen molar-refractivity contribution in [3.63, 3.8) is 0 Å². The van der Waals surface area contributed by atoms with E-state index in [1.54, 1.807) is 24.3 Å². The van der Waals surface area contributed by atoms with Crippen molar-refractivity contribution in [3.05, 3.63) is 65.2 Å². The van der Waals surface area contributed by atoms with E-state index in [0.29, 0.717) is 10.7 Å². The smallest absolute Gasteiger partial charge is 0.241 e. The summed E-state index contributed by atoms with van der Waals surface area (Å²) in [5, 5.41) is 0.510. The van der Waals surface area contributed by atoms with Gasteiger partial charge in [0.2, 0.25) is 17.7 Å². The number of amides is 3. The summed E-state index contributed by atoms with van der Waals surface area (Å²) in [6, 6.07) is 12.8. The highest BCUT2D eigenvalue weighted by atomic mass is 35.5. The molecule has 0 saturated carbocycles. The lowest BCUT2D eigenvalue weighted by atomic mass is 9.88. The van der Waals surface area contributed by atoms with Crippen molar-refractivity contribution in [3.8, 4) is 0 Å². The molecule has 3 aliphatic rings. The van der Waals surface area contributed by atoms with Crippen molar-refractivity contribution >= 4 is 46.8 Å². The largest absolute Gasteiger partial charge is 0.368 e. The van der Waals surface area contributed by atoms with Gasteiger partial charge in [-0.25, -0.2) is 4.90 Å². The van der Waals surface area contributed by atoms with Gasteiger partial charge in [0.05, 0.1) is 23.6 Å². The van der Waals surface area contributed by atoms with Crippen molar-refractivity contribution in [2.45, 2.75) is 12.1 Å². The van der Waals surface area contributed by atoms with Crippen molar-refractivity contribution in [1.29, 1.82) is 0 Å². The quantitative estimate of drug-likeness (QED) is 0.793. The van der Waals surface area contributed by atoms with E-state index < -0.39 is 35.7 Å². The first-order valence-corrected chi connectivity index (χ1v) is 9.35. The number of anilines is 2. The predicted molar refractivity (Wildman–Crippen MR) is 106 cm³/mol. The Bertz CT molecular complexity index is 1050. The van der Waals surface area contributed by atoms with Gasteiger partial charge in [0.25, 0.3) is 0 Å². The van der Waals surface area contributed by atoms with Crippen LogP contribution in [-0.4, -0.2) is 29.8 Å². The van der Waals surface area contributed by atoms with Crippen LogP contribution in [0.5, 0.6) is 0 Å². The van der Waals surface area contributed by atoms with Crippen LogP contribution in [0, 0.1) is 11.8 Å². The van der Waals surface area contributed by atoms with Gasteiger partial charge in [-0.05, 0) is 35.9 Å². The molecule has 4 unspecified atom stereocenters. The van der Waals surface area contributed by atoms with Crippen LogP contribution < -0.4 is 15.5 Å². The molecule has 0 spiro atoms. The highest BCUT2D eigenvalue weighted by Crippen LogP contribution is 2.48. The zero-order chi connectivity index (χ0) is 19.6. The van der Waals surface area contributed by atoms with E-state index in [1.807, 2.05) is 41.3 Å². The van der Waals surface area contributed by atoms with Gasteiger partial charge in [-0.3, -0.25) is 14.4 Å². The summed E-state index contributed by atoms with van der Waals surface area (Å²) in [6.45, 7) is 0. The van der Waals surface area contributed by atoms with E-state index >= 15 is 0 Å². The van der Waals surface area contributed by atoms with Crippen LogP contribution in [0.4, 0.5) is 11.4 Å². The Morgan fingerprint density at radius 1 is 0.964 bits per heavy atom. The zero-order valence-electron chi connectivity index (χ0n) is 14.7. The third kappa shape index (κ3) is 2.18. The maximum absolute atomic E-state index is 13.3. The number of primary amides is 1. The summed E-state index contributed by atoms with van der Waals surface area (Å²) < 4.78 is 0. The number of carbonyl (C=O) groups is 3. The van der Waals surface area contributed by atoms with Crippen LogP contribution >= 0.6 is 11.6 Å². The van der Waals surface area contributed by atoms with E-state index in [1.165, 1.54) is 0 Å². The maximum atomic E-state index is 13.3. The Kier molecular flexibility index (Phi) is 3.61. The molecule has 2 aromatic rings. The number of para-hydroxylation sites is 1. The van der Waals surface area contributed by atoms with E-state index in [9.17, 15) is 14.4 Å². The van der Waals surface area contributed by atoms with Gasteiger partial charge < -0.3 is 10.6 Å². The molecule has 0 aliphatic carbocycles. The highest BCUT2D eigenvalue weighted by Gasteiger charge is 2.64. The fourth-order valence-electron chi connectivity index (χ4n) is 4.68. The number of carbonyl (C=O) groups excluding carboxylic acids is 3. The van der Waals surface area contributed by atoms with Crippen LogP contribution in [0.2, 0.25) is 5.02 Å². The summed E-state index contributed by atoms with van der Waals surface area (Å²) in [4.78, 5) is 41.9. The molecular formula is C21H16ClN3O3.